The van der Waals surface area contributed by atoms with Crippen LogP contribution < -0.4 is 0 Å². The number of rotatable bonds is 4. The van der Waals surface area contributed by atoms with Crippen molar-refractivity contribution in [1.82, 2.24) is 0 Å². The molecule has 0 atom stereocenters. The molecule has 0 aliphatic carbocycles. The largest absolute Gasteiger partial charge is 0.455 e. The van der Waals surface area contributed by atoms with Crippen LogP contribution >= 0.6 is 0 Å². The minimum Gasteiger partial charge on any atom is -0.455 e. The van der Waals surface area contributed by atoms with Gasteiger partial charge in [-0.1, -0.05) is 170 Å². The lowest BCUT2D eigenvalue weighted by Crippen LogP contribution is -1.91. The van der Waals surface area contributed by atoms with Crippen LogP contribution in [0.15, 0.2) is 198 Å². The Kier molecular flexibility index (Phi) is 5.23. The molecule has 0 N–H and O–H groups in total. The summed E-state index contributed by atoms with van der Waals surface area (Å²) in [5.74, 6) is 0. The molecule has 1 heteroatoms. The molecule has 0 saturated carbocycles. The fraction of sp³-hybridized carbons (Fsp3) is 0. The molecule has 0 amide bonds. The molecule has 11 aromatic rings. The molecular formula is C52H32O. The molecule has 0 aliphatic rings. The lowest BCUT2D eigenvalue weighted by molar-refractivity contribution is 0.674. The van der Waals surface area contributed by atoms with E-state index in [4.69, 9.17) is 11.3 Å². The van der Waals surface area contributed by atoms with Crippen molar-refractivity contribution in [2.45, 2.75) is 0 Å². The lowest BCUT2D eigenvalue weighted by atomic mass is 9.85. The van der Waals surface area contributed by atoms with E-state index in [2.05, 4.69) is 91.0 Å². The van der Waals surface area contributed by atoms with Gasteiger partial charge in [0, 0.05) is 21.7 Å². The standard InChI is InChI=1S/C52H32O/c1-2-12-33(13-3-1)40-31-47(52-48(32-40)46-29-28-35-15-6-7-17-41(35)51(46)53-52)36-23-25-37(26-24-36)49-42-18-8-10-20-44(42)50(45-21-11-9-19-43(45)49)39-27-22-34-14-4-5-16-38(34)30-39/h1-32H/i1D,2D,3D,12D,13D,31D,32D. The fourth-order valence-electron chi connectivity index (χ4n) is 8.07. The molecule has 0 saturated heterocycles. The van der Waals surface area contributed by atoms with Gasteiger partial charge in [0.15, 0.2) is 0 Å². The Balaban J connectivity index is 1.17. The minimum absolute atomic E-state index is 0.0456. The van der Waals surface area contributed by atoms with Gasteiger partial charge in [-0.25, -0.2) is 0 Å². The van der Waals surface area contributed by atoms with Gasteiger partial charge in [0.05, 0.1) is 9.60 Å². The van der Waals surface area contributed by atoms with Crippen LogP contribution in [-0.2, 0) is 0 Å². The predicted octanol–water partition coefficient (Wildman–Crippen LogP) is 14.9. The predicted molar refractivity (Wildman–Crippen MR) is 225 cm³/mol. The van der Waals surface area contributed by atoms with Crippen LogP contribution in [0.25, 0.3) is 110 Å². The Bertz CT molecular complexity index is 3540. The summed E-state index contributed by atoms with van der Waals surface area (Å²) in [6, 6.07) is 48.9. The average Bonchev–Trinajstić information content (AvgIpc) is 3.68. The highest BCUT2D eigenvalue weighted by Crippen LogP contribution is 2.46. The van der Waals surface area contributed by atoms with Gasteiger partial charge in [0.2, 0.25) is 0 Å². The summed E-state index contributed by atoms with van der Waals surface area (Å²) in [5.41, 5.74) is 6.01. The number of fused-ring (bicyclic) bond motifs is 8. The van der Waals surface area contributed by atoms with E-state index >= 15 is 0 Å². The Hall–Kier alpha value is -6.96. The zero-order valence-corrected chi connectivity index (χ0v) is 28.3. The van der Waals surface area contributed by atoms with Gasteiger partial charge in [-0.2, -0.15) is 0 Å². The number of benzene rings is 10. The van der Waals surface area contributed by atoms with Gasteiger partial charge in [-0.3, -0.25) is 0 Å². The van der Waals surface area contributed by atoms with E-state index in [-0.39, 0.29) is 23.2 Å². The van der Waals surface area contributed by atoms with Crippen molar-refractivity contribution >= 4 is 65.0 Å². The third-order valence-corrected chi connectivity index (χ3v) is 10.5. The topological polar surface area (TPSA) is 13.1 Å². The maximum atomic E-state index is 9.74. The van der Waals surface area contributed by atoms with Crippen LogP contribution in [0.1, 0.15) is 9.60 Å². The summed E-state index contributed by atoms with van der Waals surface area (Å²) >= 11 is 0. The highest BCUT2D eigenvalue weighted by atomic mass is 16.3. The normalized spacial score (nSPS) is 13.6. The van der Waals surface area contributed by atoms with E-state index in [1.807, 2.05) is 60.7 Å². The summed E-state index contributed by atoms with van der Waals surface area (Å²) < 4.78 is 69.0. The molecule has 0 bridgehead atoms. The summed E-state index contributed by atoms with van der Waals surface area (Å²) in [6.45, 7) is 0. The van der Waals surface area contributed by atoms with Gasteiger partial charge in [-0.15, -0.1) is 0 Å². The Morgan fingerprint density at radius 2 is 0.887 bits per heavy atom. The monoisotopic (exact) mass is 679 g/mol. The highest BCUT2D eigenvalue weighted by Gasteiger charge is 2.19. The molecule has 1 nitrogen and oxygen atoms in total. The quantitative estimate of drug-likeness (QED) is 0.169. The number of hydrogen-bond acceptors (Lipinski definition) is 1. The van der Waals surface area contributed by atoms with Crippen LogP contribution in [-0.4, -0.2) is 0 Å². The van der Waals surface area contributed by atoms with E-state index in [0.717, 1.165) is 49.0 Å². The van der Waals surface area contributed by atoms with Gasteiger partial charge < -0.3 is 4.42 Å². The molecule has 246 valence electrons. The Labute approximate surface area is 316 Å². The second-order valence-corrected chi connectivity index (χ2v) is 13.5. The van der Waals surface area contributed by atoms with Gasteiger partial charge >= 0.3 is 0 Å². The molecule has 0 aliphatic heterocycles. The number of hydrogen-bond donors (Lipinski definition) is 0. The van der Waals surface area contributed by atoms with Gasteiger partial charge in [0.1, 0.15) is 11.2 Å². The van der Waals surface area contributed by atoms with Crippen molar-refractivity contribution in [3.8, 4) is 44.5 Å². The van der Waals surface area contributed by atoms with Crippen LogP contribution in [0.4, 0.5) is 0 Å². The summed E-state index contributed by atoms with van der Waals surface area (Å²) in [7, 11) is 0. The zero-order chi connectivity index (χ0) is 41.0. The first-order valence-corrected chi connectivity index (χ1v) is 17.7. The second kappa shape index (κ2) is 11.8. The van der Waals surface area contributed by atoms with E-state index in [1.165, 1.54) is 16.3 Å². The van der Waals surface area contributed by atoms with Crippen molar-refractivity contribution in [2.75, 3.05) is 0 Å². The maximum absolute atomic E-state index is 9.74. The molecular weight excluding hydrogens is 641 g/mol. The Morgan fingerprint density at radius 3 is 1.58 bits per heavy atom. The first kappa shape index (κ1) is 23.5. The van der Waals surface area contributed by atoms with Crippen molar-refractivity contribution in [3.05, 3.63) is 194 Å². The minimum atomic E-state index is -0.533. The zero-order valence-electron chi connectivity index (χ0n) is 35.3. The summed E-state index contributed by atoms with van der Waals surface area (Å²) in [4.78, 5) is 0. The fourth-order valence-corrected chi connectivity index (χ4v) is 8.07. The van der Waals surface area contributed by atoms with E-state index in [9.17, 15) is 2.74 Å². The maximum Gasteiger partial charge on any atom is 0.143 e. The molecule has 0 fully saturated rings. The molecule has 1 aromatic heterocycles. The van der Waals surface area contributed by atoms with E-state index in [1.54, 1.807) is 0 Å². The molecule has 0 spiro atoms. The first-order valence-electron chi connectivity index (χ1n) is 21.2. The van der Waals surface area contributed by atoms with Crippen molar-refractivity contribution in [3.63, 3.8) is 0 Å². The molecule has 10 aromatic carbocycles. The first-order chi connectivity index (χ1) is 29.2. The van der Waals surface area contributed by atoms with Crippen LogP contribution in [0.2, 0.25) is 0 Å². The molecule has 11 rings (SSSR count). The van der Waals surface area contributed by atoms with Crippen LogP contribution in [0, 0.1) is 0 Å². The second-order valence-electron chi connectivity index (χ2n) is 13.5. The third kappa shape index (κ3) is 4.71. The smallest absolute Gasteiger partial charge is 0.143 e. The van der Waals surface area contributed by atoms with Gasteiger partial charge in [0.25, 0.3) is 0 Å². The Morgan fingerprint density at radius 1 is 0.340 bits per heavy atom. The lowest BCUT2D eigenvalue weighted by Gasteiger charge is -2.18. The molecule has 0 unspecified atom stereocenters. The third-order valence-electron chi connectivity index (χ3n) is 10.5. The molecule has 53 heavy (non-hydrogen) atoms. The highest BCUT2D eigenvalue weighted by molar-refractivity contribution is 6.22. The van der Waals surface area contributed by atoms with Crippen molar-refractivity contribution in [1.29, 1.82) is 0 Å². The summed E-state index contributed by atoms with van der Waals surface area (Å²) in [5, 5.41) is 9.67. The van der Waals surface area contributed by atoms with Crippen LogP contribution in [0.3, 0.4) is 0 Å². The number of furan rings is 1. The van der Waals surface area contributed by atoms with Gasteiger partial charge in [-0.05, 0) is 101 Å². The summed E-state index contributed by atoms with van der Waals surface area (Å²) in [6.07, 6.45) is 0. The van der Waals surface area contributed by atoms with Crippen LogP contribution in [0.5, 0.6) is 0 Å². The van der Waals surface area contributed by atoms with E-state index < -0.39 is 30.2 Å². The molecule has 0 radical (unpaired) electrons. The van der Waals surface area contributed by atoms with Crippen molar-refractivity contribution < 1.29 is 14.0 Å². The van der Waals surface area contributed by atoms with E-state index in [0.29, 0.717) is 33.1 Å². The average molecular weight is 680 g/mol. The molecule has 1 heterocycles. The van der Waals surface area contributed by atoms with Crippen molar-refractivity contribution in [2.24, 2.45) is 0 Å². The SMILES string of the molecule is [2H]c1c([2H])c([2H])c(-c2c([2H])c(-c3ccc(-c4c5ccccc5c(-c5ccc6ccccc6c5)c5ccccc45)cc3)c3oc4c5ccccc5ccc4c3c2[2H])c([2H])c1[2H].